The van der Waals surface area contributed by atoms with Crippen molar-refractivity contribution in [1.82, 2.24) is 34.1 Å². The molecule has 19 nitrogen and oxygen atoms in total. The molecule has 0 spiro atoms. The van der Waals surface area contributed by atoms with Gasteiger partial charge >= 0.3 is 13.5 Å². The van der Waals surface area contributed by atoms with Crippen LogP contribution in [0.1, 0.15) is 12.5 Å². The number of anilines is 3. The van der Waals surface area contributed by atoms with Crippen LogP contribution in [-0.2, 0) is 43.9 Å². The Kier molecular flexibility index (Phi) is 8.00. The summed E-state index contributed by atoms with van der Waals surface area (Å²) in [5, 5.41) is 10.6. The lowest BCUT2D eigenvalue weighted by molar-refractivity contribution is -0.0581. The second-order valence-corrected chi connectivity index (χ2v) is 16.4. The van der Waals surface area contributed by atoms with E-state index in [1.54, 1.807) is 12.3 Å². The fourth-order valence-electron chi connectivity index (χ4n) is 5.41. The van der Waals surface area contributed by atoms with Gasteiger partial charge in [-0.3, -0.25) is 13.6 Å². The monoisotopic (exact) mass is 722 g/mol. The molecular formula is C21H25ClN10O9P2S2. The number of hydrogen-bond acceptors (Lipinski definition) is 17. The van der Waals surface area contributed by atoms with E-state index in [1.165, 1.54) is 21.8 Å². The van der Waals surface area contributed by atoms with Gasteiger partial charge in [-0.25, -0.2) is 19.5 Å². The maximum absolute atomic E-state index is 13.6. The molecule has 7 rings (SSSR count). The number of alkyl halides is 1. The number of aromatic nitrogens is 7. The zero-order chi connectivity index (χ0) is 31.8. The molecule has 0 saturated carbocycles. The molecule has 0 aromatic carbocycles. The van der Waals surface area contributed by atoms with Gasteiger partial charge in [-0.1, -0.05) is 12.2 Å². The predicted octanol–water partition coefficient (Wildman–Crippen LogP) is 0.853. The Hall–Kier alpha value is -2.23. The minimum atomic E-state index is -4.28. The van der Waals surface area contributed by atoms with Crippen molar-refractivity contribution < 1.29 is 42.1 Å². The summed E-state index contributed by atoms with van der Waals surface area (Å²) in [5.74, 6) is 0.139. The van der Waals surface area contributed by atoms with Crippen LogP contribution in [0.2, 0.25) is 0 Å². The average Bonchev–Trinajstić information content (AvgIpc) is 3.72. The van der Waals surface area contributed by atoms with Gasteiger partial charge in [0.2, 0.25) is 5.95 Å². The second kappa shape index (κ2) is 11.5. The smallest absolute Gasteiger partial charge is 0.386 e. The summed E-state index contributed by atoms with van der Waals surface area (Å²) in [5.41, 5.74) is 18.6. The first kappa shape index (κ1) is 31.4. The van der Waals surface area contributed by atoms with E-state index in [-0.39, 0.29) is 23.2 Å². The average molecular weight is 723 g/mol. The summed E-state index contributed by atoms with van der Waals surface area (Å²) >= 11 is 16.2. The van der Waals surface area contributed by atoms with Crippen LogP contribution in [0, 0.1) is 0 Å². The quantitative estimate of drug-likeness (QED) is 0.0951. The Labute approximate surface area is 268 Å². The molecule has 8 N–H and O–H groups in total. The van der Waals surface area contributed by atoms with Gasteiger partial charge < -0.3 is 50.3 Å². The molecule has 4 aromatic rings. The Morgan fingerprint density at radius 3 is 2.53 bits per heavy atom. The number of halogens is 1. The molecule has 3 aliphatic rings. The van der Waals surface area contributed by atoms with Gasteiger partial charge in [-0.15, -0.1) is 11.6 Å². The molecule has 3 aliphatic heterocycles. The van der Waals surface area contributed by atoms with Crippen LogP contribution < -0.4 is 17.2 Å². The van der Waals surface area contributed by atoms with Crippen LogP contribution in [0.3, 0.4) is 0 Å². The molecule has 24 heteroatoms. The Bertz CT molecular complexity index is 1890. The highest BCUT2D eigenvalue weighted by Crippen LogP contribution is 2.58. The third-order valence-electron chi connectivity index (χ3n) is 7.45. The van der Waals surface area contributed by atoms with Crippen molar-refractivity contribution in [2.45, 2.75) is 48.4 Å². The van der Waals surface area contributed by atoms with E-state index in [0.717, 1.165) is 0 Å². The lowest BCUT2D eigenvalue weighted by atomic mass is 10.1. The molecule has 7 heterocycles. The van der Waals surface area contributed by atoms with Gasteiger partial charge in [0, 0.05) is 6.20 Å². The number of nitrogens with two attached hydrogens (primary N) is 3. The van der Waals surface area contributed by atoms with Crippen LogP contribution in [-0.4, -0.2) is 93.2 Å². The van der Waals surface area contributed by atoms with E-state index in [1.807, 2.05) is 0 Å². The third-order valence-corrected chi connectivity index (χ3v) is 11.1. The first-order valence-corrected chi connectivity index (χ1v) is 18.8. The fourth-order valence-corrected chi connectivity index (χ4v) is 8.79. The number of nitrogen functional groups attached to an aromatic ring is 3. The minimum Gasteiger partial charge on any atom is -0.387 e. The summed E-state index contributed by atoms with van der Waals surface area (Å²) in [7, 11) is 0. The van der Waals surface area contributed by atoms with Gasteiger partial charge in [0.15, 0.2) is 23.9 Å². The van der Waals surface area contributed by atoms with E-state index in [2.05, 4.69) is 37.2 Å². The van der Waals surface area contributed by atoms with Gasteiger partial charge in [-0.2, -0.15) is 9.97 Å². The van der Waals surface area contributed by atoms with Crippen molar-refractivity contribution in [1.29, 1.82) is 0 Å². The number of ether oxygens (including phenoxy) is 2. The normalized spacial score (nSPS) is 37.7. The van der Waals surface area contributed by atoms with Crippen molar-refractivity contribution in [3.05, 3.63) is 24.9 Å². The summed E-state index contributed by atoms with van der Waals surface area (Å²) in [6.45, 7) is -9.28. The van der Waals surface area contributed by atoms with Crippen molar-refractivity contribution in [2.75, 3.05) is 30.4 Å². The van der Waals surface area contributed by atoms with Crippen LogP contribution in [0.4, 0.5) is 17.6 Å². The second-order valence-electron chi connectivity index (χ2n) is 10.2. The van der Waals surface area contributed by atoms with Crippen molar-refractivity contribution in [2.24, 2.45) is 0 Å². The first-order valence-electron chi connectivity index (χ1n) is 13.1. The lowest BCUT2D eigenvalue weighted by Gasteiger charge is -2.27. The summed E-state index contributed by atoms with van der Waals surface area (Å²) in [4.78, 5) is 31.6. The molecule has 10 atom stereocenters. The van der Waals surface area contributed by atoms with Crippen molar-refractivity contribution in [3.8, 4) is 0 Å². The topological polar surface area (TPSA) is 265 Å². The molecule has 45 heavy (non-hydrogen) atoms. The van der Waals surface area contributed by atoms with Crippen LogP contribution >= 0.6 is 37.4 Å². The standard InChI is InChI=1S/C21H25ClN10O9P2S2/c22-10-13-9(39-19(10)32-6-28-11-16(24)26-5-27-18(11)32)4-37-43(35,45)41-14-12(33)8(3-36-42(34,44)40-13)38-20(14)31-2-1-7-15(23)29-21(25)30-17(7)31/h1-2,5-6,8-10,12-14,19-20,33H,3-4H2,(H,34,44)(H,35,45)(H2,24,26,27)(H4,23,25,29,30)/t8-,9-,10-,12-,13-,14-,19-,20-,42?,43?/m1/s1. The van der Waals surface area contributed by atoms with Crippen LogP contribution in [0.15, 0.2) is 24.9 Å². The molecule has 3 saturated heterocycles. The highest BCUT2D eigenvalue weighted by molar-refractivity contribution is 8.44. The highest BCUT2D eigenvalue weighted by Gasteiger charge is 2.52. The lowest BCUT2D eigenvalue weighted by Crippen LogP contribution is -2.35. The van der Waals surface area contributed by atoms with Crippen LogP contribution in [0.5, 0.6) is 0 Å². The molecule has 3 fully saturated rings. The minimum absolute atomic E-state index is 0.109. The maximum Gasteiger partial charge on any atom is 0.386 e. The molecule has 0 amide bonds. The van der Waals surface area contributed by atoms with E-state index in [0.29, 0.717) is 16.6 Å². The summed E-state index contributed by atoms with van der Waals surface area (Å²) < 4.78 is 51.6. The number of rotatable bonds is 2. The first-order chi connectivity index (χ1) is 21.3. The van der Waals surface area contributed by atoms with Crippen molar-refractivity contribution >= 4 is 89.0 Å². The van der Waals surface area contributed by atoms with E-state index in [4.69, 9.17) is 68.2 Å². The highest BCUT2D eigenvalue weighted by atomic mass is 35.5. The predicted molar refractivity (Wildman–Crippen MR) is 164 cm³/mol. The molecular weight excluding hydrogens is 698 g/mol. The van der Waals surface area contributed by atoms with Gasteiger partial charge in [-0.05, 0) is 17.9 Å². The Morgan fingerprint density at radius 1 is 0.978 bits per heavy atom. The maximum atomic E-state index is 13.6. The molecule has 2 unspecified atom stereocenters. The number of hydrogen-bond donors (Lipinski definition) is 6. The molecule has 2 bridgehead atoms. The fraction of sp³-hybridized carbons (Fsp3) is 0.476. The number of aliphatic hydroxyl groups is 1. The number of aliphatic hydroxyl groups excluding tert-OH is 1. The number of fused-ring (bicyclic) bond motifs is 5. The molecule has 0 radical (unpaired) electrons. The van der Waals surface area contributed by atoms with E-state index < -0.39 is 75.1 Å². The van der Waals surface area contributed by atoms with E-state index >= 15 is 0 Å². The van der Waals surface area contributed by atoms with Crippen molar-refractivity contribution in [3.63, 3.8) is 0 Å². The largest absolute Gasteiger partial charge is 0.387 e. The zero-order valence-corrected chi connectivity index (χ0v) is 26.8. The van der Waals surface area contributed by atoms with Gasteiger partial charge in [0.1, 0.15) is 59.2 Å². The summed E-state index contributed by atoms with van der Waals surface area (Å²) in [6.07, 6.45) is -4.19. The Balaban J connectivity index is 1.20. The SMILES string of the molecule is Nc1nc(N)c2ccn([C@@H]3O[C@@H]4COP(O)(=S)O[C@H]5[C@@H](Cl)[C@H](n6cnc7c(N)ncnc76)O[C@@H]5COP(=O)(S)O[C@@H]3[C@@H]4O)c2n1. The summed E-state index contributed by atoms with van der Waals surface area (Å²) in [6, 6.07) is 1.61. The number of thiol groups is 1. The zero-order valence-electron chi connectivity index (χ0n) is 22.6. The molecule has 0 aliphatic carbocycles. The van der Waals surface area contributed by atoms with Crippen LogP contribution in [0.25, 0.3) is 22.2 Å². The molecule has 242 valence electrons. The number of nitrogens with zero attached hydrogens (tertiary/aromatic N) is 7. The van der Waals surface area contributed by atoms with E-state index in [9.17, 15) is 14.6 Å². The third kappa shape index (κ3) is 5.69. The van der Waals surface area contributed by atoms with Gasteiger partial charge in [0.25, 0.3) is 0 Å². The number of imidazole rings is 1. The molecule has 4 aromatic heterocycles. The Morgan fingerprint density at radius 2 is 1.73 bits per heavy atom. The van der Waals surface area contributed by atoms with Gasteiger partial charge in [0.05, 0.1) is 24.9 Å².